The highest BCUT2D eigenvalue weighted by molar-refractivity contribution is 5.88. The third-order valence-electron chi connectivity index (χ3n) is 5.44. The fraction of sp³-hybridized carbons (Fsp3) is 0.261. The van der Waals surface area contributed by atoms with Crippen molar-refractivity contribution < 1.29 is 28.5 Å². The number of halogens is 1. The molecule has 1 aromatic heterocycles. The van der Waals surface area contributed by atoms with Crippen LogP contribution in [0.25, 0.3) is 22.6 Å². The van der Waals surface area contributed by atoms with E-state index in [1.807, 2.05) is 0 Å². The zero-order valence-electron chi connectivity index (χ0n) is 15.9. The number of nitrogens with zero attached hydrogens (tertiary/aromatic N) is 2. The van der Waals surface area contributed by atoms with E-state index in [1.165, 1.54) is 44.5 Å². The summed E-state index contributed by atoms with van der Waals surface area (Å²) in [5, 5.41) is 1.38. The van der Waals surface area contributed by atoms with Gasteiger partial charge in [0.15, 0.2) is 0 Å². The van der Waals surface area contributed by atoms with Crippen LogP contribution in [0, 0.1) is 6.92 Å². The van der Waals surface area contributed by atoms with Gasteiger partial charge in [-0.2, -0.15) is 4.57 Å². The monoisotopic (exact) mass is 456 g/mol. The maximum absolute atomic E-state index is 2.38. The molecule has 3 heteroatoms. The Labute approximate surface area is 173 Å². The molecule has 0 saturated carbocycles. The second-order valence-corrected chi connectivity index (χ2v) is 7.18. The van der Waals surface area contributed by atoms with Crippen LogP contribution in [-0.4, -0.2) is 14.1 Å². The van der Waals surface area contributed by atoms with E-state index in [4.69, 9.17) is 0 Å². The van der Waals surface area contributed by atoms with Gasteiger partial charge in [0.2, 0.25) is 11.2 Å². The molecular weight excluding hydrogens is 431 g/mol. The van der Waals surface area contributed by atoms with Crippen LogP contribution in [0.1, 0.15) is 28.8 Å². The summed E-state index contributed by atoms with van der Waals surface area (Å²) >= 11 is 0. The van der Waals surface area contributed by atoms with E-state index >= 15 is 0 Å². The van der Waals surface area contributed by atoms with Crippen molar-refractivity contribution in [2.75, 3.05) is 19.0 Å². The molecule has 2 nitrogen and oxygen atoms in total. The number of hydrogen-bond acceptors (Lipinski definition) is 1. The van der Waals surface area contributed by atoms with Gasteiger partial charge in [-0.25, -0.2) is 0 Å². The van der Waals surface area contributed by atoms with Crippen molar-refractivity contribution in [3.63, 3.8) is 0 Å². The molecule has 2 aromatic carbocycles. The molecule has 0 unspecified atom stereocenters. The van der Waals surface area contributed by atoms with Crippen molar-refractivity contribution >= 4 is 28.2 Å². The topological polar surface area (TPSA) is 7.12 Å². The number of anilines is 1. The summed E-state index contributed by atoms with van der Waals surface area (Å²) in [4.78, 5) is 2.14. The molecule has 1 aliphatic carbocycles. The number of fused-ring (bicyclic) bond motifs is 2. The minimum Gasteiger partial charge on any atom is -1.00 e. The summed E-state index contributed by atoms with van der Waals surface area (Å²) in [5.74, 6) is 0. The lowest BCUT2D eigenvalue weighted by atomic mass is 10.0. The summed E-state index contributed by atoms with van der Waals surface area (Å²) in [6.45, 7) is 2.27. The molecule has 0 amide bonds. The molecule has 0 radical (unpaired) electrons. The van der Waals surface area contributed by atoms with Gasteiger partial charge >= 0.3 is 0 Å². The van der Waals surface area contributed by atoms with Crippen LogP contribution in [0.3, 0.4) is 0 Å². The van der Waals surface area contributed by atoms with Gasteiger partial charge in [-0.3, -0.25) is 0 Å². The Balaban J connectivity index is 0.00000196. The predicted octanol–water partition coefficient (Wildman–Crippen LogP) is 1.53. The Morgan fingerprint density at radius 3 is 2.35 bits per heavy atom. The van der Waals surface area contributed by atoms with E-state index in [-0.39, 0.29) is 24.0 Å². The zero-order chi connectivity index (χ0) is 17.6. The molecule has 0 bridgehead atoms. The van der Waals surface area contributed by atoms with E-state index in [9.17, 15) is 0 Å². The summed E-state index contributed by atoms with van der Waals surface area (Å²) in [6, 6.07) is 17.5. The van der Waals surface area contributed by atoms with E-state index < -0.39 is 0 Å². The van der Waals surface area contributed by atoms with Crippen LogP contribution in [-0.2, 0) is 13.5 Å². The van der Waals surface area contributed by atoms with Gasteiger partial charge in [0.05, 0.1) is 0 Å². The lowest BCUT2D eigenvalue weighted by Crippen LogP contribution is -3.00. The van der Waals surface area contributed by atoms with Gasteiger partial charge in [0, 0.05) is 42.4 Å². The summed E-state index contributed by atoms with van der Waals surface area (Å²) in [5.41, 5.74) is 9.64. The first kappa shape index (κ1) is 18.9. The molecular formula is C23H25IN2. The van der Waals surface area contributed by atoms with Crippen molar-refractivity contribution in [3.8, 4) is 0 Å². The van der Waals surface area contributed by atoms with Crippen LogP contribution in [0.2, 0.25) is 0 Å². The van der Waals surface area contributed by atoms with Crippen molar-refractivity contribution in [2.24, 2.45) is 7.05 Å². The molecule has 0 atom stereocenters. The van der Waals surface area contributed by atoms with Crippen molar-refractivity contribution in [1.29, 1.82) is 0 Å². The Morgan fingerprint density at radius 1 is 0.962 bits per heavy atom. The molecule has 4 rings (SSSR count). The number of benzene rings is 2. The van der Waals surface area contributed by atoms with Crippen LogP contribution in [0.15, 0.2) is 48.5 Å². The van der Waals surface area contributed by atoms with Gasteiger partial charge in [-0.15, -0.1) is 0 Å². The molecule has 134 valence electrons. The number of hydrogen-bond donors (Lipinski definition) is 0. The van der Waals surface area contributed by atoms with Gasteiger partial charge in [-0.1, -0.05) is 24.3 Å². The molecule has 0 aliphatic heterocycles. The SMILES string of the molecule is Cc1c2c([n+](C)c3ccccc13)/C(=C/c1ccc(N(C)C)cc1)CC2.[I-]. The van der Waals surface area contributed by atoms with Crippen LogP contribution < -0.4 is 33.4 Å². The highest BCUT2D eigenvalue weighted by atomic mass is 127. The average molecular weight is 456 g/mol. The predicted molar refractivity (Wildman–Crippen MR) is 107 cm³/mol. The Hall–Kier alpha value is -1.88. The highest BCUT2D eigenvalue weighted by Crippen LogP contribution is 2.35. The number of allylic oxidation sites excluding steroid dienone is 1. The van der Waals surface area contributed by atoms with Crippen molar-refractivity contribution in [1.82, 2.24) is 0 Å². The first-order chi connectivity index (χ1) is 12.1. The third-order valence-corrected chi connectivity index (χ3v) is 5.44. The molecule has 1 heterocycles. The Kier molecular flexibility index (Phi) is 5.37. The molecule has 26 heavy (non-hydrogen) atoms. The Morgan fingerprint density at radius 2 is 1.65 bits per heavy atom. The third kappa shape index (κ3) is 3.13. The summed E-state index contributed by atoms with van der Waals surface area (Å²) in [6.07, 6.45) is 4.62. The number of pyridine rings is 1. The molecule has 1 aliphatic rings. The molecule has 0 fully saturated rings. The second kappa shape index (κ2) is 7.39. The number of rotatable bonds is 2. The highest BCUT2D eigenvalue weighted by Gasteiger charge is 2.29. The van der Waals surface area contributed by atoms with Gasteiger partial charge in [0.25, 0.3) is 0 Å². The first-order valence-electron chi connectivity index (χ1n) is 8.95. The number of aryl methyl sites for hydroxylation is 2. The largest absolute Gasteiger partial charge is 1.00 e. The average Bonchev–Trinajstić information content (AvgIpc) is 3.04. The standard InChI is InChI=1S/C23H25N2.HI/c1-16-20-7-5-6-8-22(20)25(4)23-18(11-14-21(16)23)15-17-9-12-19(13-10-17)24(2)3;/h5-10,12-13,15H,11,14H2,1-4H3;1H/q+1;/p-1. The first-order valence-corrected chi connectivity index (χ1v) is 8.95. The molecule has 0 N–H and O–H groups in total. The maximum Gasteiger partial charge on any atom is 0.213 e. The maximum atomic E-state index is 2.38. The number of para-hydroxylation sites is 1. The van der Waals surface area contributed by atoms with Gasteiger partial charge < -0.3 is 28.9 Å². The molecule has 0 saturated heterocycles. The minimum atomic E-state index is 0. The normalized spacial score (nSPS) is 14.4. The van der Waals surface area contributed by atoms with E-state index in [2.05, 4.69) is 92.1 Å². The smallest absolute Gasteiger partial charge is 0.213 e. The fourth-order valence-electron chi connectivity index (χ4n) is 4.05. The zero-order valence-corrected chi connectivity index (χ0v) is 18.0. The lowest BCUT2D eigenvalue weighted by Gasteiger charge is -2.12. The second-order valence-electron chi connectivity index (χ2n) is 7.18. The van der Waals surface area contributed by atoms with E-state index in [0.29, 0.717) is 0 Å². The van der Waals surface area contributed by atoms with E-state index in [1.54, 1.807) is 0 Å². The van der Waals surface area contributed by atoms with Gasteiger partial charge in [-0.05, 0) is 55.2 Å². The lowest BCUT2D eigenvalue weighted by molar-refractivity contribution is -0.647. The van der Waals surface area contributed by atoms with Gasteiger partial charge in [0.1, 0.15) is 7.05 Å². The molecule has 0 spiro atoms. The van der Waals surface area contributed by atoms with E-state index in [0.717, 1.165) is 12.8 Å². The summed E-state index contributed by atoms with van der Waals surface area (Å²) < 4.78 is 2.38. The Bertz CT molecular complexity index is 985. The molecule has 3 aromatic rings. The number of aromatic nitrogens is 1. The quantitative estimate of drug-likeness (QED) is 0.419. The van der Waals surface area contributed by atoms with Crippen LogP contribution in [0.4, 0.5) is 5.69 Å². The van der Waals surface area contributed by atoms with Crippen LogP contribution in [0.5, 0.6) is 0 Å². The summed E-state index contributed by atoms with van der Waals surface area (Å²) in [7, 11) is 6.36. The van der Waals surface area contributed by atoms with Crippen molar-refractivity contribution in [2.45, 2.75) is 19.8 Å². The van der Waals surface area contributed by atoms with Crippen LogP contribution >= 0.6 is 0 Å². The fourth-order valence-corrected chi connectivity index (χ4v) is 4.05. The van der Waals surface area contributed by atoms with Crippen molar-refractivity contribution in [3.05, 3.63) is 70.9 Å². The minimum absolute atomic E-state index is 0.